The molecule has 0 aliphatic carbocycles. The van der Waals surface area contributed by atoms with Crippen molar-refractivity contribution >= 4 is 0 Å². The Hall–Kier alpha value is -1.20. The van der Waals surface area contributed by atoms with Crippen molar-refractivity contribution in [2.24, 2.45) is 11.5 Å². The minimum Gasteiger partial charge on any atom is -0.487 e. The number of alkyl halides is 2. The predicted octanol–water partition coefficient (Wildman–Crippen LogP) is 2.19. The van der Waals surface area contributed by atoms with Crippen LogP contribution >= 0.6 is 0 Å². The lowest BCUT2D eigenvalue weighted by molar-refractivity contribution is -0.0229. The number of rotatable bonds is 5. The van der Waals surface area contributed by atoms with E-state index < -0.39 is 12.5 Å². The molecular weight excluding hydrogens is 238 g/mol. The number of halogens is 2. The molecule has 0 saturated carbocycles. The predicted molar refractivity (Wildman–Crippen MR) is 70.0 cm³/mol. The van der Waals surface area contributed by atoms with E-state index in [0.717, 1.165) is 25.5 Å². The van der Waals surface area contributed by atoms with Crippen molar-refractivity contribution < 1.29 is 13.5 Å². The maximum atomic E-state index is 12.5. The monoisotopic (exact) mass is 260 g/mol. The quantitative estimate of drug-likeness (QED) is 0.853. The molecule has 104 valence electrons. The van der Waals surface area contributed by atoms with Crippen LogP contribution in [-0.2, 0) is 6.42 Å². The minimum atomic E-state index is -2.80. The standard InChI is InChI=1S/C11H15F2NO.C2H7N/c1-11(12,13)8-15-10-4-2-9(3-5-10)6-7-14;1-2-3/h2-5H,6-8,14H2,1H3;2-3H2,1H3. The van der Waals surface area contributed by atoms with E-state index in [4.69, 9.17) is 16.2 Å². The van der Waals surface area contributed by atoms with E-state index in [1.165, 1.54) is 0 Å². The van der Waals surface area contributed by atoms with Gasteiger partial charge in [0.2, 0.25) is 0 Å². The van der Waals surface area contributed by atoms with Gasteiger partial charge in [0.1, 0.15) is 5.75 Å². The topological polar surface area (TPSA) is 61.3 Å². The van der Waals surface area contributed by atoms with E-state index in [1.54, 1.807) is 12.1 Å². The van der Waals surface area contributed by atoms with Crippen LogP contribution in [-0.4, -0.2) is 25.6 Å². The van der Waals surface area contributed by atoms with Crippen molar-refractivity contribution in [3.05, 3.63) is 29.8 Å². The summed E-state index contributed by atoms with van der Waals surface area (Å²) in [5, 5.41) is 0. The van der Waals surface area contributed by atoms with E-state index in [1.807, 2.05) is 19.1 Å². The molecule has 0 aromatic heterocycles. The zero-order valence-corrected chi connectivity index (χ0v) is 11.0. The molecule has 0 unspecified atom stereocenters. The van der Waals surface area contributed by atoms with Gasteiger partial charge in [-0.05, 0) is 37.2 Å². The van der Waals surface area contributed by atoms with Gasteiger partial charge in [-0.1, -0.05) is 19.1 Å². The highest BCUT2D eigenvalue weighted by Gasteiger charge is 2.21. The van der Waals surface area contributed by atoms with Gasteiger partial charge in [0.25, 0.3) is 5.92 Å². The molecule has 18 heavy (non-hydrogen) atoms. The van der Waals surface area contributed by atoms with Crippen LogP contribution in [0, 0.1) is 0 Å². The van der Waals surface area contributed by atoms with Gasteiger partial charge in [-0.25, -0.2) is 8.78 Å². The lowest BCUT2D eigenvalue weighted by Gasteiger charge is -2.12. The van der Waals surface area contributed by atoms with Crippen LogP contribution in [0.2, 0.25) is 0 Å². The first kappa shape index (κ1) is 16.8. The Balaban J connectivity index is 0.000000873. The normalized spacial score (nSPS) is 10.6. The molecule has 4 N–H and O–H groups in total. The summed E-state index contributed by atoms with van der Waals surface area (Å²) in [5.74, 6) is -2.34. The molecule has 5 heteroatoms. The van der Waals surface area contributed by atoms with Crippen molar-refractivity contribution in [3.63, 3.8) is 0 Å². The van der Waals surface area contributed by atoms with E-state index in [9.17, 15) is 8.78 Å². The van der Waals surface area contributed by atoms with Gasteiger partial charge in [-0.3, -0.25) is 0 Å². The maximum Gasteiger partial charge on any atom is 0.278 e. The van der Waals surface area contributed by atoms with Crippen molar-refractivity contribution in [1.29, 1.82) is 0 Å². The maximum absolute atomic E-state index is 12.5. The highest BCUT2D eigenvalue weighted by Crippen LogP contribution is 2.17. The van der Waals surface area contributed by atoms with Crippen LogP contribution in [0.5, 0.6) is 5.75 Å². The first-order valence-corrected chi connectivity index (χ1v) is 5.92. The van der Waals surface area contributed by atoms with Crippen LogP contribution in [0.1, 0.15) is 19.4 Å². The fourth-order valence-electron chi connectivity index (χ4n) is 1.13. The molecule has 0 amide bonds. The van der Waals surface area contributed by atoms with E-state index >= 15 is 0 Å². The second kappa shape index (κ2) is 8.83. The summed E-state index contributed by atoms with van der Waals surface area (Å²) in [4.78, 5) is 0. The summed E-state index contributed by atoms with van der Waals surface area (Å²) in [7, 11) is 0. The third-order valence-electron chi connectivity index (χ3n) is 1.85. The number of nitrogens with two attached hydrogens (primary N) is 2. The highest BCUT2D eigenvalue weighted by molar-refractivity contribution is 5.27. The molecule has 0 aliphatic rings. The average Bonchev–Trinajstić information content (AvgIpc) is 2.29. The third kappa shape index (κ3) is 8.90. The highest BCUT2D eigenvalue weighted by atomic mass is 19.3. The van der Waals surface area contributed by atoms with Crippen molar-refractivity contribution in [3.8, 4) is 5.75 Å². The van der Waals surface area contributed by atoms with E-state index in [0.29, 0.717) is 12.3 Å². The Morgan fingerprint density at radius 2 is 1.67 bits per heavy atom. The Morgan fingerprint density at radius 1 is 1.17 bits per heavy atom. The van der Waals surface area contributed by atoms with E-state index in [2.05, 4.69) is 0 Å². The molecule has 0 bridgehead atoms. The Morgan fingerprint density at radius 3 is 2.06 bits per heavy atom. The number of hydrogen-bond acceptors (Lipinski definition) is 3. The molecule has 0 fully saturated rings. The van der Waals surface area contributed by atoms with Crippen molar-refractivity contribution in [1.82, 2.24) is 0 Å². The van der Waals surface area contributed by atoms with Gasteiger partial charge in [0, 0.05) is 6.92 Å². The molecular formula is C13H22F2N2O. The lowest BCUT2D eigenvalue weighted by atomic mass is 10.1. The summed E-state index contributed by atoms with van der Waals surface area (Å²) in [6, 6.07) is 7.01. The molecule has 0 aliphatic heterocycles. The van der Waals surface area contributed by atoms with Gasteiger partial charge < -0.3 is 16.2 Å². The van der Waals surface area contributed by atoms with Crippen molar-refractivity contribution in [2.45, 2.75) is 26.2 Å². The number of benzene rings is 1. The second-order valence-corrected chi connectivity index (χ2v) is 3.95. The second-order valence-electron chi connectivity index (χ2n) is 3.95. The SMILES string of the molecule is CC(F)(F)COc1ccc(CCN)cc1.CCN. The smallest absolute Gasteiger partial charge is 0.278 e. The summed E-state index contributed by atoms with van der Waals surface area (Å²) in [6.45, 7) is 3.46. The van der Waals surface area contributed by atoms with E-state index in [-0.39, 0.29) is 0 Å². The Bertz CT molecular complexity index is 310. The molecule has 3 nitrogen and oxygen atoms in total. The average molecular weight is 260 g/mol. The summed E-state index contributed by atoms with van der Waals surface area (Å²) >= 11 is 0. The molecule has 0 radical (unpaired) electrons. The largest absolute Gasteiger partial charge is 0.487 e. The molecule has 1 aromatic rings. The molecule has 0 heterocycles. The van der Waals surface area contributed by atoms with Crippen LogP contribution < -0.4 is 16.2 Å². The van der Waals surface area contributed by atoms with Crippen LogP contribution in [0.4, 0.5) is 8.78 Å². The third-order valence-corrected chi connectivity index (χ3v) is 1.85. The van der Waals surface area contributed by atoms with Crippen LogP contribution in [0.3, 0.4) is 0 Å². The summed E-state index contributed by atoms with van der Waals surface area (Å²) in [5.41, 5.74) is 11.3. The first-order valence-electron chi connectivity index (χ1n) is 5.92. The number of ether oxygens (including phenoxy) is 1. The lowest BCUT2D eigenvalue weighted by Crippen LogP contribution is -2.20. The summed E-state index contributed by atoms with van der Waals surface area (Å²) in [6.07, 6.45) is 0.782. The Labute approximate surface area is 107 Å². The summed E-state index contributed by atoms with van der Waals surface area (Å²) < 4.78 is 29.9. The van der Waals surface area contributed by atoms with Gasteiger partial charge in [0.05, 0.1) is 0 Å². The molecule has 1 aromatic carbocycles. The zero-order valence-electron chi connectivity index (χ0n) is 11.0. The first-order chi connectivity index (χ1) is 8.42. The molecule has 1 rings (SSSR count). The van der Waals surface area contributed by atoms with Crippen LogP contribution in [0.25, 0.3) is 0 Å². The minimum absolute atomic E-state index is 0.456. The zero-order chi connectivity index (χ0) is 14.0. The van der Waals surface area contributed by atoms with Gasteiger partial charge in [-0.2, -0.15) is 0 Å². The fraction of sp³-hybridized carbons (Fsp3) is 0.538. The van der Waals surface area contributed by atoms with Gasteiger partial charge >= 0.3 is 0 Å². The molecule has 0 saturated heterocycles. The number of hydrogen-bond donors (Lipinski definition) is 2. The van der Waals surface area contributed by atoms with Gasteiger partial charge in [0.15, 0.2) is 6.61 Å². The fourth-order valence-corrected chi connectivity index (χ4v) is 1.13. The van der Waals surface area contributed by atoms with Crippen molar-refractivity contribution in [2.75, 3.05) is 19.7 Å². The Kier molecular flexibility index (Phi) is 8.24. The molecule has 0 spiro atoms. The van der Waals surface area contributed by atoms with Crippen LogP contribution in [0.15, 0.2) is 24.3 Å². The van der Waals surface area contributed by atoms with Gasteiger partial charge in [-0.15, -0.1) is 0 Å². The molecule has 0 atom stereocenters.